The fourth-order valence-electron chi connectivity index (χ4n) is 2.55. The third-order valence-corrected chi connectivity index (χ3v) is 4.07. The summed E-state index contributed by atoms with van der Waals surface area (Å²) < 4.78 is 0. The minimum atomic E-state index is -0.569. The van der Waals surface area contributed by atoms with Gasteiger partial charge < -0.3 is 5.32 Å². The van der Waals surface area contributed by atoms with Crippen LogP contribution < -0.4 is 10.8 Å². The summed E-state index contributed by atoms with van der Waals surface area (Å²) >= 11 is 0. The molecule has 0 heterocycles. The zero-order valence-electron chi connectivity index (χ0n) is 14.0. The topological polar surface area (TPSA) is 78.4 Å². The summed E-state index contributed by atoms with van der Waals surface area (Å²) in [4.78, 5) is 24.1. The van der Waals surface area contributed by atoms with E-state index in [2.05, 4.69) is 5.32 Å². The van der Waals surface area contributed by atoms with Crippen LogP contribution in [0.5, 0.6) is 0 Å². The molecule has 0 atom stereocenters. The number of hydroxylamine groups is 1. The van der Waals surface area contributed by atoms with E-state index in [4.69, 9.17) is 5.21 Å². The molecule has 3 N–H and O–H groups in total. The van der Waals surface area contributed by atoms with Crippen molar-refractivity contribution in [2.75, 3.05) is 0 Å². The molecule has 2 aromatic carbocycles. The van der Waals surface area contributed by atoms with Crippen LogP contribution in [-0.4, -0.2) is 23.1 Å². The van der Waals surface area contributed by atoms with Crippen molar-refractivity contribution in [1.29, 1.82) is 0 Å². The maximum Gasteiger partial charge on any atom is 0.274 e. The third-order valence-electron chi connectivity index (χ3n) is 4.07. The van der Waals surface area contributed by atoms with Crippen LogP contribution in [0.25, 0.3) is 11.6 Å². The molecular formula is C20H20N2O3. The fourth-order valence-corrected chi connectivity index (χ4v) is 2.55. The second-order valence-electron chi connectivity index (χ2n) is 6.24. The predicted molar refractivity (Wildman–Crippen MR) is 95.9 cm³/mol. The van der Waals surface area contributed by atoms with Crippen LogP contribution in [0, 0.1) is 6.92 Å². The van der Waals surface area contributed by atoms with Crippen LogP contribution in [-0.2, 0) is 4.79 Å². The first-order valence-electron chi connectivity index (χ1n) is 8.21. The van der Waals surface area contributed by atoms with Gasteiger partial charge in [0.2, 0.25) is 0 Å². The van der Waals surface area contributed by atoms with Gasteiger partial charge in [-0.25, -0.2) is 5.48 Å². The minimum Gasteiger partial charge on any atom is -0.349 e. The van der Waals surface area contributed by atoms with E-state index in [1.54, 1.807) is 29.7 Å². The van der Waals surface area contributed by atoms with E-state index in [9.17, 15) is 9.59 Å². The first kappa shape index (κ1) is 16.9. The summed E-state index contributed by atoms with van der Waals surface area (Å²) in [5, 5.41) is 11.7. The van der Waals surface area contributed by atoms with Gasteiger partial charge in [-0.15, -0.1) is 0 Å². The molecule has 5 heteroatoms. The number of nitrogens with one attached hydrogen (secondary N) is 2. The number of carbonyl (C=O) groups excluding carboxylic acids is 2. The Bertz CT molecular complexity index is 821. The summed E-state index contributed by atoms with van der Waals surface area (Å²) in [6.07, 6.45) is 3.86. The van der Waals surface area contributed by atoms with Gasteiger partial charge in [-0.3, -0.25) is 14.8 Å². The lowest BCUT2D eigenvalue weighted by atomic mass is 9.99. The van der Waals surface area contributed by atoms with Crippen molar-refractivity contribution in [1.82, 2.24) is 10.8 Å². The van der Waals surface area contributed by atoms with Gasteiger partial charge in [0.15, 0.2) is 0 Å². The van der Waals surface area contributed by atoms with Crippen molar-refractivity contribution >= 4 is 23.5 Å². The molecule has 0 saturated heterocycles. The first-order valence-corrected chi connectivity index (χ1v) is 8.21. The smallest absolute Gasteiger partial charge is 0.274 e. The van der Waals surface area contributed by atoms with Gasteiger partial charge >= 0.3 is 0 Å². The van der Waals surface area contributed by atoms with Crippen LogP contribution in [0.2, 0.25) is 0 Å². The highest BCUT2D eigenvalue weighted by Crippen LogP contribution is 2.24. The van der Waals surface area contributed by atoms with E-state index in [-0.39, 0.29) is 11.9 Å². The van der Waals surface area contributed by atoms with Gasteiger partial charge in [0.1, 0.15) is 0 Å². The SMILES string of the molecule is Cc1cccc(/C(=C\c2ccc(C(=O)NO)cc2)C(=O)NC2CC2)c1. The number of carbonyl (C=O) groups is 2. The quantitative estimate of drug-likeness (QED) is 0.340. The van der Waals surface area contributed by atoms with E-state index < -0.39 is 5.91 Å². The van der Waals surface area contributed by atoms with Crippen molar-refractivity contribution in [3.05, 3.63) is 70.8 Å². The molecule has 1 fully saturated rings. The fraction of sp³-hybridized carbons (Fsp3) is 0.200. The lowest BCUT2D eigenvalue weighted by Gasteiger charge is -2.10. The predicted octanol–water partition coefficient (Wildman–Crippen LogP) is 2.93. The Kier molecular flexibility index (Phi) is 4.95. The molecule has 0 aliphatic heterocycles. The second-order valence-corrected chi connectivity index (χ2v) is 6.24. The Morgan fingerprint density at radius 3 is 2.40 bits per heavy atom. The van der Waals surface area contributed by atoms with Gasteiger partial charge in [-0.2, -0.15) is 0 Å². The maximum absolute atomic E-state index is 12.7. The van der Waals surface area contributed by atoms with Crippen LogP contribution in [0.15, 0.2) is 48.5 Å². The van der Waals surface area contributed by atoms with Crippen molar-refractivity contribution in [2.45, 2.75) is 25.8 Å². The van der Waals surface area contributed by atoms with Crippen molar-refractivity contribution < 1.29 is 14.8 Å². The summed E-state index contributed by atoms with van der Waals surface area (Å²) in [7, 11) is 0. The number of hydrogen-bond acceptors (Lipinski definition) is 3. The Morgan fingerprint density at radius 1 is 1.08 bits per heavy atom. The molecule has 1 saturated carbocycles. The van der Waals surface area contributed by atoms with Crippen molar-refractivity contribution in [3.8, 4) is 0 Å². The number of hydrogen-bond donors (Lipinski definition) is 3. The molecule has 2 aromatic rings. The molecule has 0 spiro atoms. The molecule has 1 aliphatic carbocycles. The van der Waals surface area contributed by atoms with Crippen LogP contribution in [0.1, 0.15) is 39.9 Å². The normalized spacial score (nSPS) is 14.1. The van der Waals surface area contributed by atoms with Gasteiger partial charge in [-0.1, -0.05) is 42.0 Å². The molecule has 0 bridgehead atoms. The highest BCUT2D eigenvalue weighted by atomic mass is 16.5. The Morgan fingerprint density at radius 2 is 1.80 bits per heavy atom. The van der Waals surface area contributed by atoms with Gasteiger partial charge in [0.25, 0.3) is 11.8 Å². The summed E-state index contributed by atoms with van der Waals surface area (Å²) in [5.74, 6) is -0.661. The average molecular weight is 336 g/mol. The standard InChI is InChI=1S/C20H20N2O3/c1-13-3-2-4-16(11-13)18(20(24)21-17-9-10-17)12-14-5-7-15(8-6-14)19(23)22-25/h2-8,11-12,17,25H,9-10H2,1H3,(H,21,24)(H,22,23)/b18-12+. The van der Waals surface area contributed by atoms with E-state index in [0.717, 1.165) is 29.5 Å². The molecule has 0 unspecified atom stereocenters. The minimum absolute atomic E-state index is 0.0923. The second kappa shape index (κ2) is 7.32. The van der Waals surface area contributed by atoms with Gasteiger partial charge in [-0.05, 0) is 49.1 Å². The summed E-state index contributed by atoms with van der Waals surface area (Å²) in [6, 6.07) is 14.8. The third kappa shape index (κ3) is 4.33. The Labute approximate surface area is 146 Å². The largest absolute Gasteiger partial charge is 0.349 e. The zero-order valence-corrected chi connectivity index (χ0v) is 14.0. The molecule has 128 valence electrons. The van der Waals surface area contributed by atoms with Crippen LogP contribution >= 0.6 is 0 Å². The molecule has 0 radical (unpaired) electrons. The summed E-state index contributed by atoms with van der Waals surface area (Å²) in [5.41, 5.74) is 5.28. The number of benzene rings is 2. The average Bonchev–Trinajstić information content (AvgIpc) is 3.43. The summed E-state index contributed by atoms with van der Waals surface area (Å²) in [6.45, 7) is 1.99. The van der Waals surface area contributed by atoms with E-state index >= 15 is 0 Å². The van der Waals surface area contributed by atoms with Gasteiger partial charge in [0, 0.05) is 17.2 Å². The van der Waals surface area contributed by atoms with Crippen LogP contribution in [0.3, 0.4) is 0 Å². The molecule has 1 aliphatic rings. The molecule has 3 rings (SSSR count). The zero-order chi connectivity index (χ0) is 17.8. The van der Waals surface area contributed by atoms with E-state index in [1.165, 1.54) is 0 Å². The first-order chi connectivity index (χ1) is 12.1. The van der Waals surface area contributed by atoms with E-state index in [1.807, 2.05) is 37.3 Å². The van der Waals surface area contributed by atoms with Gasteiger partial charge in [0.05, 0.1) is 0 Å². The molecule has 0 aromatic heterocycles. The molecule has 5 nitrogen and oxygen atoms in total. The highest BCUT2D eigenvalue weighted by molar-refractivity contribution is 6.24. The highest BCUT2D eigenvalue weighted by Gasteiger charge is 2.25. The molecule has 25 heavy (non-hydrogen) atoms. The van der Waals surface area contributed by atoms with E-state index in [0.29, 0.717) is 11.1 Å². The Hall–Kier alpha value is -2.92. The number of amides is 2. The lowest BCUT2D eigenvalue weighted by Crippen LogP contribution is -2.26. The molecule has 2 amide bonds. The monoisotopic (exact) mass is 336 g/mol. The molecular weight excluding hydrogens is 316 g/mol. The number of aryl methyl sites for hydroxylation is 1. The lowest BCUT2D eigenvalue weighted by molar-refractivity contribution is -0.115. The van der Waals surface area contributed by atoms with Crippen LogP contribution in [0.4, 0.5) is 0 Å². The Balaban J connectivity index is 1.93. The number of rotatable bonds is 5. The maximum atomic E-state index is 12.7. The van der Waals surface area contributed by atoms with Crippen molar-refractivity contribution in [3.63, 3.8) is 0 Å². The van der Waals surface area contributed by atoms with Crippen molar-refractivity contribution in [2.24, 2.45) is 0 Å².